The van der Waals surface area contributed by atoms with E-state index in [4.69, 9.17) is 4.74 Å². The van der Waals surface area contributed by atoms with Crippen molar-refractivity contribution in [3.05, 3.63) is 102 Å². The van der Waals surface area contributed by atoms with E-state index >= 15 is 0 Å². The van der Waals surface area contributed by atoms with Gasteiger partial charge in [0.05, 0.1) is 0 Å². The van der Waals surface area contributed by atoms with Crippen molar-refractivity contribution >= 4 is 11.8 Å². The number of aryl methyl sites for hydroxylation is 1. The van der Waals surface area contributed by atoms with Gasteiger partial charge in [-0.1, -0.05) is 98.1 Å². The van der Waals surface area contributed by atoms with Gasteiger partial charge in [-0.05, 0) is 42.5 Å². The Labute approximate surface area is 214 Å². The van der Waals surface area contributed by atoms with Crippen molar-refractivity contribution in [1.29, 1.82) is 0 Å². The first-order valence-electron chi connectivity index (χ1n) is 13.0. The SMILES string of the molecule is Cc1ccccc1OCC(=O)N(Cc1ccccc1)[C@@H](Cc1ccccc1)C(=O)NC1CCCCC1. The van der Waals surface area contributed by atoms with Crippen molar-refractivity contribution in [2.75, 3.05) is 6.61 Å². The van der Waals surface area contributed by atoms with Crippen LogP contribution in [0.5, 0.6) is 5.75 Å². The van der Waals surface area contributed by atoms with E-state index in [1.807, 2.05) is 91.9 Å². The number of carbonyl (C=O) groups is 2. The number of ether oxygens (including phenoxy) is 1. The molecule has 1 aliphatic rings. The fourth-order valence-electron chi connectivity index (χ4n) is 4.82. The van der Waals surface area contributed by atoms with E-state index in [2.05, 4.69) is 5.32 Å². The lowest BCUT2D eigenvalue weighted by molar-refractivity contribution is -0.143. The average Bonchev–Trinajstić information content (AvgIpc) is 2.91. The standard InChI is InChI=1S/C31H36N2O3/c1-24-13-11-12-20-29(24)36-23-30(34)33(22-26-16-7-3-8-17-26)28(21-25-14-5-2-6-15-25)31(35)32-27-18-9-4-10-19-27/h2-3,5-8,11-17,20,27-28H,4,9-10,18-19,21-23H2,1H3,(H,32,35)/t28-/m0/s1. The Kier molecular flexibility index (Phi) is 9.15. The summed E-state index contributed by atoms with van der Waals surface area (Å²) in [5, 5.41) is 3.27. The highest BCUT2D eigenvalue weighted by molar-refractivity contribution is 5.88. The van der Waals surface area contributed by atoms with Crippen LogP contribution in [0.15, 0.2) is 84.9 Å². The maximum Gasteiger partial charge on any atom is 0.261 e. The van der Waals surface area contributed by atoms with Crippen molar-refractivity contribution in [1.82, 2.24) is 10.2 Å². The summed E-state index contributed by atoms with van der Waals surface area (Å²) in [6, 6.07) is 26.9. The molecule has 36 heavy (non-hydrogen) atoms. The third kappa shape index (κ3) is 7.20. The van der Waals surface area contributed by atoms with Gasteiger partial charge in [0, 0.05) is 19.0 Å². The second-order valence-corrected chi connectivity index (χ2v) is 9.61. The van der Waals surface area contributed by atoms with Crippen molar-refractivity contribution in [2.24, 2.45) is 0 Å². The van der Waals surface area contributed by atoms with Crippen molar-refractivity contribution in [3.8, 4) is 5.75 Å². The van der Waals surface area contributed by atoms with Crippen molar-refractivity contribution in [3.63, 3.8) is 0 Å². The number of carbonyl (C=O) groups excluding carboxylic acids is 2. The quantitative estimate of drug-likeness (QED) is 0.416. The van der Waals surface area contributed by atoms with Gasteiger partial charge in [0.1, 0.15) is 11.8 Å². The van der Waals surface area contributed by atoms with Crippen LogP contribution < -0.4 is 10.1 Å². The molecule has 0 saturated heterocycles. The average molecular weight is 485 g/mol. The minimum Gasteiger partial charge on any atom is -0.484 e. The fourth-order valence-corrected chi connectivity index (χ4v) is 4.82. The molecule has 3 aromatic carbocycles. The normalized spacial score (nSPS) is 14.6. The molecule has 0 spiro atoms. The summed E-state index contributed by atoms with van der Waals surface area (Å²) in [6.07, 6.45) is 5.91. The smallest absolute Gasteiger partial charge is 0.261 e. The highest BCUT2D eigenvalue weighted by Gasteiger charge is 2.32. The van der Waals surface area contributed by atoms with Crippen LogP contribution in [0, 0.1) is 6.92 Å². The molecule has 5 heteroatoms. The number of nitrogens with one attached hydrogen (secondary N) is 1. The lowest BCUT2D eigenvalue weighted by atomic mass is 9.94. The predicted octanol–water partition coefficient (Wildman–Crippen LogP) is 5.46. The zero-order valence-electron chi connectivity index (χ0n) is 21.1. The Morgan fingerprint density at radius 3 is 2.14 bits per heavy atom. The molecule has 3 aromatic rings. The lowest BCUT2D eigenvalue weighted by Gasteiger charge is -2.33. The summed E-state index contributed by atoms with van der Waals surface area (Å²) in [5.74, 6) is 0.379. The van der Waals surface area contributed by atoms with E-state index in [9.17, 15) is 9.59 Å². The molecule has 0 unspecified atom stereocenters. The van der Waals surface area contributed by atoms with Crippen LogP contribution in [0.1, 0.15) is 48.8 Å². The Bertz CT molecular complexity index is 1110. The molecule has 2 amide bonds. The summed E-state index contributed by atoms with van der Waals surface area (Å²) in [4.78, 5) is 29.1. The molecule has 0 bridgehead atoms. The van der Waals surface area contributed by atoms with Crippen molar-refractivity contribution in [2.45, 2.75) is 64.1 Å². The van der Waals surface area contributed by atoms with Gasteiger partial charge in [-0.3, -0.25) is 9.59 Å². The molecule has 1 N–H and O–H groups in total. The van der Waals surface area contributed by atoms with Crippen LogP contribution >= 0.6 is 0 Å². The predicted molar refractivity (Wildman–Crippen MR) is 143 cm³/mol. The highest BCUT2D eigenvalue weighted by atomic mass is 16.5. The van der Waals surface area contributed by atoms with E-state index in [1.54, 1.807) is 4.90 Å². The third-order valence-electron chi connectivity index (χ3n) is 6.86. The summed E-state index contributed by atoms with van der Waals surface area (Å²) in [6.45, 7) is 2.17. The molecule has 1 aliphatic carbocycles. The van der Waals surface area contributed by atoms with Crippen molar-refractivity contribution < 1.29 is 14.3 Å². The van der Waals surface area contributed by atoms with Gasteiger partial charge in [-0.25, -0.2) is 0 Å². The molecule has 0 radical (unpaired) electrons. The van der Waals surface area contributed by atoms with Crippen LogP contribution in [-0.2, 0) is 22.6 Å². The van der Waals surface area contributed by atoms with E-state index in [0.717, 1.165) is 42.4 Å². The highest BCUT2D eigenvalue weighted by Crippen LogP contribution is 2.21. The van der Waals surface area contributed by atoms with Gasteiger partial charge in [0.2, 0.25) is 5.91 Å². The Balaban J connectivity index is 1.59. The zero-order valence-corrected chi connectivity index (χ0v) is 21.1. The number of nitrogens with zero attached hydrogens (tertiary/aromatic N) is 1. The number of para-hydroxylation sites is 1. The van der Waals surface area contributed by atoms with Gasteiger partial charge >= 0.3 is 0 Å². The molecule has 4 rings (SSSR count). The Morgan fingerprint density at radius 1 is 0.861 bits per heavy atom. The van der Waals surface area contributed by atoms with Gasteiger partial charge in [0.25, 0.3) is 5.91 Å². The first-order valence-corrected chi connectivity index (χ1v) is 13.0. The van der Waals surface area contributed by atoms with Crippen LogP contribution in [0.25, 0.3) is 0 Å². The molecule has 188 valence electrons. The molecule has 0 aliphatic heterocycles. The molecule has 0 aromatic heterocycles. The Morgan fingerprint density at radius 2 is 1.47 bits per heavy atom. The van der Waals surface area contributed by atoms with Gasteiger partial charge in [-0.15, -0.1) is 0 Å². The Hall–Kier alpha value is -3.60. The second-order valence-electron chi connectivity index (χ2n) is 9.61. The summed E-state index contributed by atoms with van der Waals surface area (Å²) < 4.78 is 5.92. The molecular weight excluding hydrogens is 448 g/mol. The zero-order chi connectivity index (χ0) is 25.2. The molecule has 1 saturated carbocycles. The number of rotatable bonds is 10. The van der Waals surface area contributed by atoms with E-state index in [-0.39, 0.29) is 24.5 Å². The summed E-state index contributed by atoms with van der Waals surface area (Å²) in [5.41, 5.74) is 2.97. The fraction of sp³-hybridized carbons (Fsp3) is 0.355. The summed E-state index contributed by atoms with van der Waals surface area (Å²) >= 11 is 0. The van der Waals surface area contributed by atoms with Gasteiger partial charge in [0.15, 0.2) is 6.61 Å². The van der Waals surface area contributed by atoms with Crippen LogP contribution in [0.2, 0.25) is 0 Å². The third-order valence-corrected chi connectivity index (χ3v) is 6.86. The molecule has 0 heterocycles. The van der Waals surface area contributed by atoms with Gasteiger partial charge in [-0.2, -0.15) is 0 Å². The molecule has 5 nitrogen and oxygen atoms in total. The summed E-state index contributed by atoms with van der Waals surface area (Å²) in [7, 11) is 0. The van der Waals surface area contributed by atoms with E-state index in [1.165, 1.54) is 6.42 Å². The monoisotopic (exact) mass is 484 g/mol. The van der Waals surface area contributed by atoms with Crippen LogP contribution in [-0.4, -0.2) is 35.4 Å². The molecule has 1 atom stereocenters. The lowest BCUT2D eigenvalue weighted by Crippen LogP contribution is -2.53. The first kappa shape index (κ1) is 25.5. The minimum atomic E-state index is -0.637. The van der Waals surface area contributed by atoms with Crippen LogP contribution in [0.4, 0.5) is 0 Å². The molecular formula is C31H36N2O3. The maximum absolute atomic E-state index is 13.7. The largest absolute Gasteiger partial charge is 0.484 e. The topological polar surface area (TPSA) is 58.6 Å². The van der Waals surface area contributed by atoms with Gasteiger partial charge < -0.3 is 15.0 Å². The number of hydrogen-bond acceptors (Lipinski definition) is 3. The maximum atomic E-state index is 13.7. The van der Waals surface area contributed by atoms with E-state index < -0.39 is 6.04 Å². The molecule has 1 fully saturated rings. The second kappa shape index (κ2) is 12.9. The first-order chi connectivity index (χ1) is 17.6. The number of hydrogen-bond donors (Lipinski definition) is 1. The van der Waals surface area contributed by atoms with E-state index in [0.29, 0.717) is 18.7 Å². The number of benzene rings is 3. The minimum absolute atomic E-state index is 0.0917. The van der Waals surface area contributed by atoms with Crippen LogP contribution in [0.3, 0.4) is 0 Å². The number of amides is 2.